The minimum absolute atomic E-state index is 0.211. The van der Waals surface area contributed by atoms with Crippen LogP contribution in [0.25, 0.3) is 0 Å². The SMILES string of the molecule is CCOC(=O)CC(=O)CC(Br)C(=O)O. The molecule has 0 aromatic rings. The van der Waals surface area contributed by atoms with Crippen LogP contribution in [-0.2, 0) is 19.1 Å². The number of Topliss-reactive ketones (excluding diaryl/α,β-unsaturated/α-hetero) is 1. The first-order valence-corrected chi connectivity index (χ1v) is 4.93. The number of aliphatic carboxylic acids is 1. The molecule has 5 nitrogen and oxygen atoms in total. The van der Waals surface area contributed by atoms with Gasteiger partial charge >= 0.3 is 11.9 Å². The van der Waals surface area contributed by atoms with Gasteiger partial charge in [0.2, 0.25) is 0 Å². The van der Waals surface area contributed by atoms with E-state index in [4.69, 9.17) is 5.11 Å². The molecular formula is C8H11BrO5. The number of carbonyl (C=O) groups is 3. The van der Waals surface area contributed by atoms with Crippen molar-refractivity contribution in [1.82, 2.24) is 0 Å². The van der Waals surface area contributed by atoms with Gasteiger partial charge in [0.25, 0.3) is 0 Å². The summed E-state index contributed by atoms with van der Waals surface area (Å²) in [4.78, 5) is 31.2. The average Bonchev–Trinajstić information content (AvgIpc) is 2.03. The predicted octanol–water partition coefficient (Wildman–Crippen LogP) is 0.747. The van der Waals surface area contributed by atoms with E-state index in [1.807, 2.05) is 0 Å². The fourth-order valence-electron chi connectivity index (χ4n) is 0.732. The molecule has 1 atom stereocenters. The molecule has 0 fully saturated rings. The number of rotatable bonds is 6. The normalized spacial score (nSPS) is 11.9. The average molecular weight is 267 g/mol. The number of esters is 1. The number of carboxylic acid groups (broad SMARTS) is 1. The number of carbonyl (C=O) groups excluding carboxylic acids is 2. The summed E-state index contributed by atoms with van der Waals surface area (Å²) in [7, 11) is 0. The molecule has 0 radical (unpaired) electrons. The van der Waals surface area contributed by atoms with E-state index in [0.29, 0.717) is 0 Å². The Morgan fingerprint density at radius 1 is 1.43 bits per heavy atom. The van der Waals surface area contributed by atoms with Crippen LogP contribution in [-0.4, -0.2) is 34.3 Å². The van der Waals surface area contributed by atoms with Gasteiger partial charge in [-0.1, -0.05) is 15.9 Å². The maximum atomic E-state index is 11.0. The van der Waals surface area contributed by atoms with E-state index in [1.165, 1.54) is 0 Å². The second-order valence-electron chi connectivity index (χ2n) is 2.53. The van der Waals surface area contributed by atoms with Crippen molar-refractivity contribution in [2.45, 2.75) is 24.6 Å². The van der Waals surface area contributed by atoms with E-state index in [-0.39, 0.29) is 19.4 Å². The number of carboxylic acids is 1. The van der Waals surface area contributed by atoms with Gasteiger partial charge in [-0.2, -0.15) is 0 Å². The van der Waals surface area contributed by atoms with Crippen molar-refractivity contribution in [1.29, 1.82) is 0 Å². The minimum Gasteiger partial charge on any atom is -0.480 e. The summed E-state index contributed by atoms with van der Waals surface area (Å²) >= 11 is 2.80. The van der Waals surface area contributed by atoms with Gasteiger partial charge in [0.1, 0.15) is 17.0 Å². The highest BCUT2D eigenvalue weighted by atomic mass is 79.9. The molecule has 0 amide bonds. The van der Waals surface area contributed by atoms with Crippen LogP contribution < -0.4 is 0 Å². The van der Waals surface area contributed by atoms with Crippen molar-refractivity contribution >= 4 is 33.7 Å². The number of ether oxygens (including phenoxy) is 1. The van der Waals surface area contributed by atoms with Crippen LogP contribution in [0.4, 0.5) is 0 Å². The maximum Gasteiger partial charge on any atom is 0.317 e. The lowest BCUT2D eigenvalue weighted by Crippen LogP contribution is -2.20. The van der Waals surface area contributed by atoms with Gasteiger partial charge in [-0.25, -0.2) is 0 Å². The minimum atomic E-state index is -1.12. The molecule has 14 heavy (non-hydrogen) atoms. The van der Waals surface area contributed by atoms with E-state index in [9.17, 15) is 14.4 Å². The molecule has 0 heterocycles. The smallest absolute Gasteiger partial charge is 0.317 e. The Labute approximate surface area is 89.6 Å². The van der Waals surface area contributed by atoms with Gasteiger partial charge in [0.05, 0.1) is 6.61 Å². The van der Waals surface area contributed by atoms with Gasteiger partial charge in [-0.15, -0.1) is 0 Å². The molecule has 0 aliphatic heterocycles. The zero-order valence-corrected chi connectivity index (χ0v) is 9.24. The van der Waals surface area contributed by atoms with Crippen LogP contribution in [0.5, 0.6) is 0 Å². The Morgan fingerprint density at radius 3 is 2.43 bits per heavy atom. The highest BCUT2D eigenvalue weighted by Crippen LogP contribution is 2.07. The van der Waals surface area contributed by atoms with Crippen molar-refractivity contribution in [3.63, 3.8) is 0 Å². The molecule has 0 aliphatic carbocycles. The molecular weight excluding hydrogens is 256 g/mol. The number of hydrogen-bond acceptors (Lipinski definition) is 4. The van der Waals surface area contributed by atoms with Gasteiger partial charge in [-0.3, -0.25) is 14.4 Å². The second-order valence-corrected chi connectivity index (χ2v) is 3.64. The van der Waals surface area contributed by atoms with Gasteiger partial charge < -0.3 is 9.84 Å². The Bertz CT molecular complexity index is 238. The summed E-state index contributed by atoms with van der Waals surface area (Å²) in [6.07, 6.45) is -0.586. The predicted molar refractivity (Wildman–Crippen MR) is 51.2 cm³/mol. The lowest BCUT2D eigenvalue weighted by Gasteiger charge is -2.03. The van der Waals surface area contributed by atoms with Crippen molar-refractivity contribution < 1.29 is 24.2 Å². The molecule has 0 spiro atoms. The highest BCUT2D eigenvalue weighted by Gasteiger charge is 2.19. The van der Waals surface area contributed by atoms with E-state index in [2.05, 4.69) is 20.7 Å². The summed E-state index contributed by atoms with van der Waals surface area (Å²) in [5.74, 6) is -2.20. The summed E-state index contributed by atoms with van der Waals surface area (Å²) < 4.78 is 4.53. The second kappa shape index (κ2) is 6.53. The van der Waals surface area contributed by atoms with Crippen molar-refractivity contribution in [3.05, 3.63) is 0 Å². The van der Waals surface area contributed by atoms with Crippen LogP contribution in [0, 0.1) is 0 Å². The monoisotopic (exact) mass is 266 g/mol. The molecule has 1 N–H and O–H groups in total. The Kier molecular flexibility index (Phi) is 6.11. The number of ketones is 1. The number of hydrogen-bond donors (Lipinski definition) is 1. The van der Waals surface area contributed by atoms with E-state index in [0.717, 1.165) is 0 Å². The molecule has 6 heteroatoms. The summed E-state index contributed by atoms with van der Waals surface area (Å²) in [5.41, 5.74) is 0. The van der Waals surface area contributed by atoms with E-state index >= 15 is 0 Å². The molecule has 0 rings (SSSR count). The molecule has 0 saturated heterocycles. The quantitative estimate of drug-likeness (QED) is 0.436. The third kappa shape index (κ3) is 5.69. The van der Waals surface area contributed by atoms with Crippen molar-refractivity contribution in [2.24, 2.45) is 0 Å². The van der Waals surface area contributed by atoms with Crippen molar-refractivity contribution in [3.8, 4) is 0 Å². The first kappa shape index (κ1) is 13.1. The van der Waals surface area contributed by atoms with Crippen LogP contribution in [0.3, 0.4) is 0 Å². The highest BCUT2D eigenvalue weighted by molar-refractivity contribution is 9.10. The first-order valence-electron chi connectivity index (χ1n) is 4.01. The van der Waals surface area contributed by atoms with Crippen LogP contribution in [0.1, 0.15) is 19.8 Å². The summed E-state index contributed by atoms with van der Waals surface area (Å²) in [5, 5.41) is 8.45. The van der Waals surface area contributed by atoms with Gasteiger partial charge in [-0.05, 0) is 6.92 Å². The molecule has 0 bridgehead atoms. The van der Waals surface area contributed by atoms with Crippen LogP contribution in [0.15, 0.2) is 0 Å². The maximum absolute atomic E-state index is 11.0. The third-order valence-corrected chi connectivity index (χ3v) is 2.04. The Morgan fingerprint density at radius 2 is 2.00 bits per heavy atom. The lowest BCUT2D eigenvalue weighted by atomic mass is 10.2. The fourth-order valence-corrected chi connectivity index (χ4v) is 1.09. The topological polar surface area (TPSA) is 80.7 Å². The number of halogens is 1. The van der Waals surface area contributed by atoms with Gasteiger partial charge in [0.15, 0.2) is 0 Å². The largest absolute Gasteiger partial charge is 0.480 e. The summed E-state index contributed by atoms with van der Waals surface area (Å²) in [6.45, 7) is 1.84. The summed E-state index contributed by atoms with van der Waals surface area (Å²) in [6, 6.07) is 0. The zero-order chi connectivity index (χ0) is 11.1. The van der Waals surface area contributed by atoms with Crippen LogP contribution in [0.2, 0.25) is 0 Å². The number of alkyl halides is 1. The molecule has 80 valence electrons. The molecule has 1 unspecified atom stereocenters. The third-order valence-electron chi connectivity index (χ3n) is 1.32. The molecule has 0 aromatic carbocycles. The van der Waals surface area contributed by atoms with Gasteiger partial charge in [0, 0.05) is 6.42 Å². The molecule has 0 saturated carbocycles. The lowest BCUT2D eigenvalue weighted by molar-refractivity contribution is -0.146. The van der Waals surface area contributed by atoms with Crippen molar-refractivity contribution in [2.75, 3.05) is 6.61 Å². The Balaban J connectivity index is 3.86. The van der Waals surface area contributed by atoms with E-state index in [1.54, 1.807) is 6.92 Å². The Hall–Kier alpha value is -0.910. The zero-order valence-electron chi connectivity index (χ0n) is 7.66. The van der Waals surface area contributed by atoms with Crippen LogP contribution >= 0.6 is 15.9 Å². The first-order chi connectivity index (χ1) is 6.47. The fraction of sp³-hybridized carbons (Fsp3) is 0.625. The standard InChI is InChI=1S/C8H11BrO5/c1-2-14-7(11)4-5(10)3-6(9)8(12)13/h6H,2-4H2,1H3,(H,12,13). The molecule has 0 aromatic heterocycles. The van der Waals surface area contributed by atoms with E-state index < -0.39 is 22.5 Å². The molecule has 0 aliphatic rings.